The number of amides is 1. The number of hydrogen-bond donors (Lipinski definition) is 2. The number of alkyl carbamates (subject to hydrolysis) is 1. The van der Waals surface area contributed by atoms with Gasteiger partial charge in [0.25, 0.3) is 0 Å². The summed E-state index contributed by atoms with van der Waals surface area (Å²) in [7, 11) is 0. The fourth-order valence-corrected chi connectivity index (χ4v) is 3.37. The highest BCUT2D eigenvalue weighted by Gasteiger charge is 2.33. The predicted molar refractivity (Wildman–Crippen MR) is 77.6 cm³/mol. The maximum atomic E-state index is 11.7. The van der Waals surface area contributed by atoms with E-state index in [2.05, 4.69) is 29.0 Å². The zero-order valence-corrected chi connectivity index (χ0v) is 12.8. The maximum absolute atomic E-state index is 11.7. The van der Waals surface area contributed by atoms with Crippen LogP contribution in [0, 0.1) is 0 Å². The molecule has 0 radical (unpaired) electrons. The molecule has 0 aliphatic carbocycles. The Morgan fingerprint density at radius 1 is 1.58 bits per heavy atom. The van der Waals surface area contributed by atoms with Gasteiger partial charge in [-0.05, 0) is 51.1 Å². The molecule has 1 amide bonds. The Labute approximate surface area is 118 Å². The number of carbonyl (C=O) groups excluding carboxylic acids is 1. The van der Waals surface area contributed by atoms with Gasteiger partial charge in [0.05, 0.1) is 5.54 Å². The highest BCUT2D eigenvalue weighted by atomic mass is 32.1. The molecular formula is C14H22N2O2S. The average molecular weight is 282 g/mol. The quantitative estimate of drug-likeness (QED) is 0.876. The van der Waals surface area contributed by atoms with Crippen LogP contribution in [0.15, 0.2) is 11.4 Å². The average Bonchev–Trinajstić information content (AvgIpc) is 2.74. The molecule has 5 heteroatoms. The predicted octanol–water partition coefficient (Wildman–Crippen LogP) is 2.63. The lowest BCUT2D eigenvalue weighted by molar-refractivity contribution is 0.0510. The van der Waals surface area contributed by atoms with Crippen molar-refractivity contribution >= 4 is 17.4 Å². The van der Waals surface area contributed by atoms with Gasteiger partial charge in [-0.25, -0.2) is 4.79 Å². The molecule has 1 aliphatic heterocycles. The first kappa shape index (κ1) is 14.3. The maximum Gasteiger partial charge on any atom is 0.407 e. The first-order chi connectivity index (χ1) is 8.80. The molecule has 1 aromatic heterocycles. The number of carbonyl (C=O) groups is 1. The third-order valence-electron chi connectivity index (χ3n) is 3.14. The van der Waals surface area contributed by atoms with Crippen LogP contribution in [0.25, 0.3) is 0 Å². The van der Waals surface area contributed by atoms with Crippen LogP contribution in [0.5, 0.6) is 0 Å². The third kappa shape index (κ3) is 3.48. The van der Waals surface area contributed by atoms with Gasteiger partial charge >= 0.3 is 6.09 Å². The second kappa shape index (κ2) is 5.13. The summed E-state index contributed by atoms with van der Waals surface area (Å²) >= 11 is 1.74. The molecule has 2 heterocycles. The number of ether oxygens (including phenoxy) is 1. The Balaban J connectivity index is 1.99. The van der Waals surface area contributed by atoms with Gasteiger partial charge in [-0.3, -0.25) is 0 Å². The highest BCUT2D eigenvalue weighted by Crippen LogP contribution is 2.32. The van der Waals surface area contributed by atoms with Crippen molar-refractivity contribution in [3.63, 3.8) is 0 Å². The van der Waals surface area contributed by atoms with E-state index in [0.717, 1.165) is 13.0 Å². The molecule has 106 valence electrons. The van der Waals surface area contributed by atoms with E-state index in [1.54, 1.807) is 11.3 Å². The van der Waals surface area contributed by atoms with E-state index < -0.39 is 5.60 Å². The molecule has 19 heavy (non-hydrogen) atoms. The second-order valence-electron chi connectivity index (χ2n) is 6.14. The van der Waals surface area contributed by atoms with E-state index in [-0.39, 0.29) is 11.6 Å². The largest absolute Gasteiger partial charge is 0.444 e. The summed E-state index contributed by atoms with van der Waals surface area (Å²) in [5, 5.41) is 8.47. The summed E-state index contributed by atoms with van der Waals surface area (Å²) < 4.78 is 5.27. The van der Waals surface area contributed by atoms with Crippen molar-refractivity contribution in [2.45, 2.75) is 45.3 Å². The van der Waals surface area contributed by atoms with Crippen molar-refractivity contribution in [3.05, 3.63) is 21.9 Å². The summed E-state index contributed by atoms with van der Waals surface area (Å²) in [6, 6.07) is 2.17. The van der Waals surface area contributed by atoms with Gasteiger partial charge in [0.15, 0.2) is 0 Å². The van der Waals surface area contributed by atoms with E-state index >= 15 is 0 Å². The fourth-order valence-electron chi connectivity index (χ4n) is 2.28. The van der Waals surface area contributed by atoms with Crippen LogP contribution in [0.4, 0.5) is 4.79 Å². The number of thiophene rings is 1. The Hall–Kier alpha value is -1.07. The van der Waals surface area contributed by atoms with Gasteiger partial charge in [-0.15, -0.1) is 11.3 Å². The fraction of sp³-hybridized carbons (Fsp3) is 0.643. The van der Waals surface area contributed by atoms with Crippen LogP contribution in [-0.2, 0) is 16.7 Å². The van der Waals surface area contributed by atoms with Crippen molar-refractivity contribution in [1.29, 1.82) is 0 Å². The molecule has 0 aromatic carbocycles. The zero-order valence-electron chi connectivity index (χ0n) is 12.0. The summed E-state index contributed by atoms with van der Waals surface area (Å²) in [6.45, 7) is 9.20. The lowest BCUT2D eigenvalue weighted by Crippen LogP contribution is -2.52. The molecule has 2 rings (SSSR count). The summed E-state index contributed by atoms with van der Waals surface area (Å²) in [6.07, 6.45) is 0.695. The molecule has 0 saturated carbocycles. The van der Waals surface area contributed by atoms with Crippen LogP contribution < -0.4 is 10.6 Å². The monoisotopic (exact) mass is 282 g/mol. The Bertz CT molecular complexity index is 464. The Morgan fingerprint density at radius 3 is 3.00 bits per heavy atom. The van der Waals surface area contributed by atoms with Crippen LogP contribution in [0.2, 0.25) is 0 Å². The summed E-state index contributed by atoms with van der Waals surface area (Å²) in [5.41, 5.74) is 0.731. The summed E-state index contributed by atoms with van der Waals surface area (Å²) in [4.78, 5) is 13.1. The van der Waals surface area contributed by atoms with Crippen LogP contribution in [0.3, 0.4) is 0 Å². The lowest BCUT2D eigenvalue weighted by Gasteiger charge is -2.35. The van der Waals surface area contributed by atoms with Gasteiger partial charge in [0, 0.05) is 18.0 Å². The minimum atomic E-state index is -0.459. The number of hydrogen-bond acceptors (Lipinski definition) is 4. The van der Waals surface area contributed by atoms with Crippen molar-refractivity contribution in [1.82, 2.24) is 10.6 Å². The smallest absolute Gasteiger partial charge is 0.407 e. The molecule has 4 nitrogen and oxygen atoms in total. The first-order valence-corrected chi connectivity index (χ1v) is 7.47. The van der Waals surface area contributed by atoms with Crippen molar-refractivity contribution in [3.8, 4) is 0 Å². The van der Waals surface area contributed by atoms with Gasteiger partial charge in [-0.2, -0.15) is 0 Å². The molecule has 1 aromatic rings. The van der Waals surface area contributed by atoms with Crippen LogP contribution in [0.1, 0.15) is 38.1 Å². The van der Waals surface area contributed by atoms with Crippen LogP contribution >= 0.6 is 11.3 Å². The van der Waals surface area contributed by atoms with E-state index in [9.17, 15) is 4.79 Å². The molecule has 1 unspecified atom stereocenters. The molecule has 0 saturated heterocycles. The number of rotatable bonds is 2. The van der Waals surface area contributed by atoms with E-state index in [1.165, 1.54) is 10.4 Å². The minimum absolute atomic E-state index is 0.196. The van der Waals surface area contributed by atoms with Gasteiger partial charge < -0.3 is 15.4 Å². The van der Waals surface area contributed by atoms with Gasteiger partial charge in [-0.1, -0.05) is 0 Å². The SMILES string of the molecule is CC(C)(C)OC(=O)NCC1(C)NCCc2ccsc21. The zero-order chi connectivity index (χ0) is 14.1. The molecule has 0 spiro atoms. The number of nitrogens with one attached hydrogen (secondary N) is 2. The topological polar surface area (TPSA) is 50.4 Å². The van der Waals surface area contributed by atoms with Crippen molar-refractivity contribution < 1.29 is 9.53 Å². The minimum Gasteiger partial charge on any atom is -0.444 e. The molecular weight excluding hydrogens is 260 g/mol. The normalized spacial score (nSPS) is 22.7. The van der Waals surface area contributed by atoms with Crippen molar-refractivity contribution in [2.75, 3.05) is 13.1 Å². The Morgan fingerprint density at radius 2 is 2.32 bits per heavy atom. The van der Waals surface area contributed by atoms with E-state index in [0.29, 0.717) is 6.54 Å². The molecule has 2 N–H and O–H groups in total. The first-order valence-electron chi connectivity index (χ1n) is 6.59. The second-order valence-corrected chi connectivity index (χ2v) is 7.06. The van der Waals surface area contributed by atoms with Gasteiger partial charge in [0.2, 0.25) is 0 Å². The Kier molecular flexibility index (Phi) is 3.87. The summed E-state index contributed by atoms with van der Waals surface area (Å²) in [5.74, 6) is 0. The van der Waals surface area contributed by atoms with E-state index in [1.807, 2.05) is 20.8 Å². The lowest BCUT2D eigenvalue weighted by atomic mass is 9.91. The standard InChI is InChI=1S/C14H22N2O2S/c1-13(2,3)18-12(17)15-9-14(4)11-10(5-7-16-14)6-8-19-11/h6,8,16H,5,7,9H2,1-4H3,(H,15,17). The van der Waals surface area contributed by atoms with Gasteiger partial charge in [0.1, 0.15) is 5.60 Å². The van der Waals surface area contributed by atoms with Crippen LogP contribution in [-0.4, -0.2) is 24.8 Å². The number of fused-ring (bicyclic) bond motifs is 1. The van der Waals surface area contributed by atoms with E-state index in [4.69, 9.17) is 4.74 Å². The molecule has 0 bridgehead atoms. The molecule has 1 aliphatic rings. The van der Waals surface area contributed by atoms with Crippen molar-refractivity contribution in [2.24, 2.45) is 0 Å². The molecule has 0 fully saturated rings. The molecule has 1 atom stereocenters. The third-order valence-corrected chi connectivity index (χ3v) is 4.36. The highest BCUT2D eigenvalue weighted by molar-refractivity contribution is 7.10.